The molecule has 1 heterocycles. The van der Waals surface area contributed by atoms with Crippen LogP contribution >= 0.6 is 15.9 Å². The Morgan fingerprint density at radius 3 is 2.30 bits per heavy atom. The number of benzene rings is 2. The van der Waals surface area contributed by atoms with E-state index in [0.717, 1.165) is 15.6 Å². The third kappa shape index (κ3) is 4.93. The van der Waals surface area contributed by atoms with Crippen LogP contribution in [-0.2, 0) is 10.2 Å². The predicted octanol–water partition coefficient (Wildman–Crippen LogP) is 2.97. The zero-order chi connectivity index (χ0) is 21.7. The summed E-state index contributed by atoms with van der Waals surface area (Å²) in [6.07, 6.45) is 4.18. The average Bonchev–Trinajstić information content (AvgIpc) is 2.79. The molecule has 158 valence electrons. The zero-order valence-corrected chi connectivity index (χ0v) is 18.5. The third-order valence-electron chi connectivity index (χ3n) is 5.87. The molecule has 3 N–H and O–H groups in total. The number of nitrogens with zero attached hydrogens (tertiary/aromatic N) is 1. The van der Waals surface area contributed by atoms with Crippen LogP contribution in [0.2, 0.25) is 0 Å². The molecule has 1 aliphatic rings. The van der Waals surface area contributed by atoms with Crippen molar-refractivity contribution in [2.75, 3.05) is 13.1 Å². The number of terminal acetylenes is 1. The minimum absolute atomic E-state index is 0.232. The smallest absolute Gasteiger partial charge is 0.255 e. The van der Waals surface area contributed by atoms with Crippen molar-refractivity contribution in [3.8, 4) is 12.3 Å². The molecule has 1 amide bonds. The Balaban J connectivity index is 1.59. The summed E-state index contributed by atoms with van der Waals surface area (Å²) < 4.78 is 0.956. The number of likely N-dealkylation sites (tertiary alicyclic amines) is 1. The highest BCUT2D eigenvalue weighted by Crippen LogP contribution is 2.35. The van der Waals surface area contributed by atoms with Gasteiger partial charge in [-0.1, -0.05) is 64.3 Å². The van der Waals surface area contributed by atoms with Crippen molar-refractivity contribution in [2.45, 2.75) is 43.6 Å². The van der Waals surface area contributed by atoms with Crippen molar-refractivity contribution in [3.05, 3.63) is 70.2 Å². The molecule has 0 unspecified atom stereocenters. The highest BCUT2D eigenvalue weighted by molar-refractivity contribution is 9.10. The van der Waals surface area contributed by atoms with E-state index in [1.807, 2.05) is 61.5 Å². The number of hydrogen-bond donors (Lipinski definition) is 3. The number of nitrogens with one attached hydrogen (secondary N) is 1. The van der Waals surface area contributed by atoms with Gasteiger partial charge in [0, 0.05) is 23.6 Å². The van der Waals surface area contributed by atoms with Gasteiger partial charge in [-0.3, -0.25) is 10.1 Å². The first-order valence-corrected chi connectivity index (χ1v) is 10.9. The standard InChI is InChI=1S/C24H27BrN2O3/c1-3-24(19-7-5-4-6-8-19)13-15-27(16-14-24)23(30)21(28)22(29)26-17(2)18-9-11-20(25)12-10-18/h1,4-12,17,21-22,26,28-29H,13-16H2,2H3/t17-,21+,22+/m0/s1. The van der Waals surface area contributed by atoms with Gasteiger partial charge < -0.3 is 15.1 Å². The van der Waals surface area contributed by atoms with Gasteiger partial charge in [-0.2, -0.15) is 0 Å². The minimum Gasteiger partial charge on any atom is -0.379 e. The summed E-state index contributed by atoms with van der Waals surface area (Å²) in [6, 6.07) is 17.3. The third-order valence-corrected chi connectivity index (χ3v) is 6.40. The van der Waals surface area contributed by atoms with Crippen molar-refractivity contribution in [2.24, 2.45) is 0 Å². The van der Waals surface area contributed by atoms with Crippen molar-refractivity contribution >= 4 is 21.8 Å². The molecule has 0 spiro atoms. The van der Waals surface area contributed by atoms with Crippen LogP contribution in [0.5, 0.6) is 0 Å². The maximum atomic E-state index is 12.8. The van der Waals surface area contributed by atoms with Gasteiger partial charge in [0.15, 0.2) is 6.10 Å². The van der Waals surface area contributed by atoms with E-state index < -0.39 is 23.7 Å². The van der Waals surface area contributed by atoms with E-state index in [1.165, 1.54) is 0 Å². The molecule has 0 saturated carbocycles. The van der Waals surface area contributed by atoms with E-state index in [9.17, 15) is 15.0 Å². The minimum atomic E-state index is -1.54. The van der Waals surface area contributed by atoms with Crippen molar-refractivity contribution in [1.82, 2.24) is 10.2 Å². The molecule has 3 rings (SSSR count). The first-order valence-electron chi connectivity index (χ1n) is 10.1. The molecular formula is C24H27BrN2O3. The van der Waals surface area contributed by atoms with Crippen molar-refractivity contribution in [1.29, 1.82) is 0 Å². The Morgan fingerprint density at radius 2 is 1.73 bits per heavy atom. The fourth-order valence-corrected chi connectivity index (χ4v) is 4.16. The topological polar surface area (TPSA) is 72.8 Å². The summed E-state index contributed by atoms with van der Waals surface area (Å²) in [5.41, 5.74) is 1.61. The molecule has 1 saturated heterocycles. The highest BCUT2D eigenvalue weighted by atomic mass is 79.9. The number of rotatable bonds is 6. The fraction of sp³-hybridized carbons (Fsp3) is 0.375. The summed E-state index contributed by atoms with van der Waals surface area (Å²) in [5, 5.41) is 23.7. The van der Waals surface area contributed by atoms with Crippen LogP contribution in [0.15, 0.2) is 59.1 Å². The summed E-state index contributed by atoms with van der Waals surface area (Å²) >= 11 is 3.39. The van der Waals surface area contributed by atoms with Gasteiger partial charge >= 0.3 is 0 Å². The molecule has 6 heteroatoms. The van der Waals surface area contributed by atoms with Gasteiger partial charge in [0.2, 0.25) is 0 Å². The van der Waals surface area contributed by atoms with Crippen LogP contribution in [0.4, 0.5) is 0 Å². The number of aliphatic hydroxyl groups excluding tert-OH is 2. The molecule has 0 bridgehead atoms. The summed E-state index contributed by atoms with van der Waals surface area (Å²) in [6.45, 7) is 2.74. The van der Waals surface area contributed by atoms with Crippen LogP contribution in [-0.4, -0.2) is 46.4 Å². The van der Waals surface area contributed by atoms with E-state index in [0.29, 0.717) is 25.9 Å². The van der Waals surface area contributed by atoms with E-state index >= 15 is 0 Å². The molecule has 30 heavy (non-hydrogen) atoms. The van der Waals surface area contributed by atoms with Crippen LogP contribution in [0, 0.1) is 12.3 Å². The lowest BCUT2D eigenvalue weighted by molar-refractivity contribution is -0.149. The second kappa shape index (κ2) is 9.76. The number of piperidine rings is 1. The molecule has 1 aliphatic heterocycles. The molecule has 5 nitrogen and oxygen atoms in total. The van der Waals surface area contributed by atoms with Crippen LogP contribution in [0.1, 0.15) is 36.9 Å². The Labute approximate surface area is 186 Å². The zero-order valence-electron chi connectivity index (χ0n) is 17.0. The molecular weight excluding hydrogens is 444 g/mol. The highest BCUT2D eigenvalue weighted by Gasteiger charge is 2.38. The van der Waals surface area contributed by atoms with Gasteiger partial charge in [-0.25, -0.2) is 0 Å². The number of hydrogen-bond acceptors (Lipinski definition) is 4. The van der Waals surface area contributed by atoms with E-state index in [1.54, 1.807) is 4.90 Å². The van der Waals surface area contributed by atoms with E-state index in [2.05, 4.69) is 27.2 Å². The maximum absolute atomic E-state index is 12.8. The number of halogens is 1. The predicted molar refractivity (Wildman–Crippen MR) is 120 cm³/mol. The first kappa shape index (κ1) is 22.5. The van der Waals surface area contributed by atoms with E-state index in [4.69, 9.17) is 6.42 Å². The lowest BCUT2D eigenvalue weighted by Gasteiger charge is -2.40. The Morgan fingerprint density at radius 1 is 1.13 bits per heavy atom. The molecule has 2 aromatic rings. The van der Waals surface area contributed by atoms with Gasteiger partial charge in [-0.15, -0.1) is 6.42 Å². The largest absolute Gasteiger partial charge is 0.379 e. The van der Waals surface area contributed by atoms with Gasteiger partial charge in [-0.05, 0) is 43.0 Å². The summed E-state index contributed by atoms with van der Waals surface area (Å²) in [5.74, 6) is 2.44. The Hall–Kier alpha value is -2.17. The average molecular weight is 471 g/mol. The summed E-state index contributed by atoms with van der Waals surface area (Å²) in [4.78, 5) is 14.3. The van der Waals surface area contributed by atoms with Crippen LogP contribution < -0.4 is 5.32 Å². The monoisotopic (exact) mass is 470 g/mol. The van der Waals surface area contributed by atoms with Crippen molar-refractivity contribution in [3.63, 3.8) is 0 Å². The quantitative estimate of drug-likeness (QED) is 0.448. The van der Waals surface area contributed by atoms with Gasteiger partial charge in [0.25, 0.3) is 5.91 Å². The number of amides is 1. The number of carbonyl (C=O) groups is 1. The first-order chi connectivity index (χ1) is 14.4. The fourth-order valence-electron chi connectivity index (χ4n) is 3.90. The molecule has 1 fully saturated rings. The molecule has 0 aliphatic carbocycles. The maximum Gasteiger partial charge on any atom is 0.255 e. The molecule has 2 aromatic carbocycles. The Bertz CT molecular complexity index is 887. The number of aliphatic hydroxyl groups is 2. The summed E-state index contributed by atoms with van der Waals surface area (Å²) in [7, 11) is 0. The van der Waals surface area contributed by atoms with Gasteiger partial charge in [0.05, 0.1) is 5.41 Å². The lowest BCUT2D eigenvalue weighted by Crippen LogP contribution is -2.53. The molecule has 0 radical (unpaired) electrons. The molecule has 0 aromatic heterocycles. The molecule has 3 atom stereocenters. The SMILES string of the molecule is C#CC1(c2ccccc2)CCN(C(=O)[C@H](O)[C@@H](O)N[C@@H](C)c2ccc(Br)cc2)CC1. The normalized spacial score (nSPS) is 18.8. The second-order valence-electron chi connectivity index (χ2n) is 7.75. The van der Waals surface area contributed by atoms with Crippen molar-refractivity contribution < 1.29 is 15.0 Å². The van der Waals surface area contributed by atoms with E-state index in [-0.39, 0.29) is 6.04 Å². The second-order valence-corrected chi connectivity index (χ2v) is 8.66. The number of carbonyl (C=O) groups excluding carboxylic acids is 1. The van der Waals surface area contributed by atoms with Gasteiger partial charge in [0.1, 0.15) is 6.23 Å². The Kier molecular flexibility index (Phi) is 7.32. The van der Waals surface area contributed by atoms with Crippen LogP contribution in [0.3, 0.4) is 0 Å². The lowest BCUT2D eigenvalue weighted by atomic mass is 9.73. The van der Waals surface area contributed by atoms with Crippen LogP contribution in [0.25, 0.3) is 0 Å².